The largest absolute Gasteiger partial charge is 0.317 e. The van der Waals surface area contributed by atoms with Crippen molar-refractivity contribution in [2.24, 2.45) is 0 Å². The molecule has 17 heavy (non-hydrogen) atoms. The van der Waals surface area contributed by atoms with Gasteiger partial charge in [-0.15, -0.1) is 0 Å². The summed E-state index contributed by atoms with van der Waals surface area (Å²) >= 11 is 0. The highest BCUT2D eigenvalue weighted by molar-refractivity contribution is 7.86. The first-order valence-electron chi connectivity index (χ1n) is 5.44. The minimum atomic E-state index is -3.70. The zero-order valence-corrected chi connectivity index (χ0v) is 11.5. The Hall–Kier alpha value is -0.910. The number of benzene rings is 1. The van der Waals surface area contributed by atoms with Crippen molar-refractivity contribution in [3.05, 3.63) is 29.8 Å². The SMILES string of the molecule is CNCC(C)(C)OS(=O)(=O)c1ccc(C)cc1. The van der Waals surface area contributed by atoms with E-state index in [1.807, 2.05) is 6.92 Å². The number of hydrogen-bond acceptors (Lipinski definition) is 4. The molecule has 0 bridgehead atoms. The molecule has 0 saturated carbocycles. The van der Waals surface area contributed by atoms with Gasteiger partial charge in [-0.3, -0.25) is 4.18 Å². The van der Waals surface area contributed by atoms with Gasteiger partial charge in [-0.25, -0.2) is 0 Å². The Morgan fingerprint density at radius 1 is 1.24 bits per heavy atom. The van der Waals surface area contributed by atoms with Gasteiger partial charge in [-0.2, -0.15) is 8.42 Å². The lowest BCUT2D eigenvalue weighted by Gasteiger charge is -2.23. The van der Waals surface area contributed by atoms with Gasteiger partial charge in [0, 0.05) is 6.54 Å². The van der Waals surface area contributed by atoms with E-state index in [9.17, 15) is 8.42 Å². The van der Waals surface area contributed by atoms with Gasteiger partial charge in [0.05, 0.1) is 10.5 Å². The molecule has 0 aliphatic heterocycles. The van der Waals surface area contributed by atoms with Gasteiger partial charge in [0.1, 0.15) is 0 Å². The summed E-state index contributed by atoms with van der Waals surface area (Å²) in [6, 6.07) is 6.61. The fourth-order valence-electron chi connectivity index (χ4n) is 1.51. The van der Waals surface area contributed by atoms with Crippen molar-refractivity contribution < 1.29 is 12.6 Å². The predicted octanol–water partition coefficient (Wildman–Crippen LogP) is 1.70. The van der Waals surface area contributed by atoms with Gasteiger partial charge in [-0.05, 0) is 40.0 Å². The third kappa shape index (κ3) is 4.11. The summed E-state index contributed by atoms with van der Waals surface area (Å²) < 4.78 is 29.2. The zero-order valence-electron chi connectivity index (χ0n) is 10.6. The predicted molar refractivity (Wildman–Crippen MR) is 67.5 cm³/mol. The summed E-state index contributed by atoms with van der Waals surface area (Å²) in [4.78, 5) is 0.187. The molecule has 1 aromatic rings. The first-order valence-corrected chi connectivity index (χ1v) is 6.84. The number of hydrogen-bond donors (Lipinski definition) is 1. The van der Waals surface area contributed by atoms with E-state index in [1.165, 1.54) is 0 Å². The second-order valence-corrected chi connectivity index (χ2v) is 6.19. The van der Waals surface area contributed by atoms with Crippen molar-refractivity contribution in [3.8, 4) is 0 Å². The van der Waals surface area contributed by atoms with Crippen LogP contribution < -0.4 is 5.32 Å². The number of rotatable bonds is 5. The summed E-state index contributed by atoms with van der Waals surface area (Å²) in [7, 11) is -1.94. The Morgan fingerprint density at radius 2 is 1.76 bits per heavy atom. The van der Waals surface area contributed by atoms with E-state index in [0.29, 0.717) is 6.54 Å². The van der Waals surface area contributed by atoms with Crippen LogP contribution in [0.15, 0.2) is 29.2 Å². The maximum atomic E-state index is 12.0. The van der Waals surface area contributed by atoms with Crippen LogP contribution in [0.25, 0.3) is 0 Å². The second-order valence-electron chi connectivity index (χ2n) is 4.64. The molecule has 0 saturated heterocycles. The molecule has 1 aromatic carbocycles. The fourth-order valence-corrected chi connectivity index (χ4v) is 2.72. The Labute approximate surface area is 103 Å². The molecule has 4 nitrogen and oxygen atoms in total. The smallest absolute Gasteiger partial charge is 0.297 e. The molecule has 5 heteroatoms. The van der Waals surface area contributed by atoms with E-state index >= 15 is 0 Å². The van der Waals surface area contributed by atoms with Crippen LogP contribution in [0.5, 0.6) is 0 Å². The summed E-state index contributed by atoms with van der Waals surface area (Å²) in [5.41, 5.74) is 0.247. The third-order valence-electron chi connectivity index (χ3n) is 2.25. The molecule has 0 aliphatic rings. The quantitative estimate of drug-likeness (QED) is 0.816. The first-order chi connectivity index (χ1) is 7.77. The van der Waals surface area contributed by atoms with Crippen molar-refractivity contribution in [3.63, 3.8) is 0 Å². The van der Waals surface area contributed by atoms with E-state index in [0.717, 1.165) is 5.56 Å². The van der Waals surface area contributed by atoms with Crippen LogP contribution in [0, 0.1) is 6.92 Å². The summed E-state index contributed by atoms with van der Waals surface area (Å²) in [5.74, 6) is 0. The number of nitrogens with one attached hydrogen (secondary N) is 1. The highest BCUT2D eigenvalue weighted by atomic mass is 32.2. The van der Waals surface area contributed by atoms with E-state index in [4.69, 9.17) is 4.18 Å². The highest BCUT2D eigenvalue weighted by Gasteiger charge is 2.27. The van der Waals surface area contributed by atoms with Crippen molar-refractivity contribution in [2.45, 2.75) is 31.3 Å². The molecule has 0 amide bonds. The molecule has 0 atom stereocenters. The summed E-state index contributed by atoms with van der Waals surface area (Å²) in [5, 5.41) is 2.90. The third-order valence-corrected chi connectivity index (χ3v) is 3.77. The number of likely N-dealkylation sites (N-methyl/N-ethyl adjacent to an activating group) is 1. The molecule has 0 spiro atoms. The maximum absolute atomic E-state index is 12.0. The lowest BCUT2D eigenvalue weighted by Crippen LogP contribution is -2.37. The molecule has 96 valence electrons. The summed E-state index contributed by atoms with van der Waals surface area (Å²) in [6.45, 7) is 5.82. The van der Waals surface area contributed by atoms with Gasteiger partial charge >= 0.3 is 0 Å². The van der Waals surface area contributed by atoms with Crippen LogP contribution in [0.2, 0.25) is 0 Å². The van der Waals surface area contributed by atoms with Gasteiger partial charge in [-0.1, -0.05) is 17.7 Å². The highest BCUT2D eigenvalue weighted by Crippen LogP contribution is 2.19. The average molecular weight is 257 g/mol. The molecule has 0 aromatic heterocycles. The lowest BCUT2D eigenvalue weighted by atomic mass is 10.1. The molecule has 0 radical (unpaired) electrons. The van der Waals surface area contributed by atoms with Gasteiger partial charge in [0.15, 0.2) is 0 Å². The van der Waals surface area contributed by atoms with Crippen LogP contribution in [-0.4, -0.2) is 27.6 Å². The fraction of sp³-hybridized carbons (Fsp3) is 0.500. The Kier molecular flexibility index (Phi) is 4.30. The van der Waals surface area contributed by atoms with Gasteiger partial charge < -0.3 is 5.32 Å². The van der Waals surface area contributed by atoms with Crippen LogP contribution in [0.1, 0.15) is 19.4 Å². The topological polar surface area (TPSA) is 55.4 Å². The Bertz CT molecular complexity index is 463. The van der Waals surface area contributed by atoms with Gasteiger partial charge in [0.25, 0.3) is 10.1 Å². The lowest BCUT2D eigenvalue weighted by molar-refractivity contribution is 0.119. The maximum Gasteiger partial charge on any atom is 0.297 e. The normalized spacial score (nSPS) is 12.7. The molecular formula is C12H19NO3S. The molecule has 1 rings (SSSR count). The van der Waals surface area contributed by atoms with Crippen molar-refractivity contribution in [1.82, 2.24) is 5.32 Å². The molecule has 0 aliphatic carbocycles. The van der Waals surface area contributed by atoms with Gasteiger partial charge in [0.2, 0.25) is 0 Å². The average Bonchev–Trinajstić information content (AvgIpc) is 2.16. The molecule has 0 unspecified atom stereocenters. The number of aryl methyl sites for hydroxylation is 1. The second kappa shape index (κ2) is 5.16. The van der Waals surface area contributed by atoms with E-state index in [2.05, 4.69) is 5.32 Å². The van der Waals surface area contributed by atoms with Crippen LogP contribution >= 0.6 is 0 Å². The van der Waals surface area contributed by atoms with E-state index < -0.39 is 15.7 Å². The molecule has 1 N–H and O–H groups in total. The zero-order chi connectivity index (χ0) is 13.1. The standard InChI is InChI=1S/C12H19NO3S/c1-10-5-7-11(8-6-10)17(14,15)16-12(2,3)9-13-4/h5-8,13H,9H2,1-4H3. The van der Waals surface area contributed by atoms with Crippen molar-refractivity contribution in [1.29, 1.82) is 0 Å². The summed E-state index contributed by atoms with van der Waals surface area (Å²) in [6.07, 6.45) is 0. The van der Waals surface area contributed by atoms with E-state index in [-0.39, 0.29) is 4.90 Å². The minimum Gasteiger partial charge on any atom is -0.317 e. The molecule has 0 fully saturated rings. The Morgan fingerprint density at radius 3 is 2.24 bits per heavy atom. The van der Waals surface area contributed by atoms with E-state index in [1.54, 1.807) is 45.2 Å². The van der Waals surface area contributed by atoms with Crippen LogP contribution in [-0.2, 0) is 14.3 Å². The molecule has 0 heterocycles. The van der Waals surface area contributed by atoms with Crippen LogP contribution in [0.3, 0.4) is 0 Å². The Balaban J connectivity index is 2.93. The monoisotopic (exact) mass is 257 g/mol. The van der Waals surface area contributed by atoms with Crippen molar-refractivity contribution >= 4 is 10.1 Å². The molecular weight excluding hydrogens is 238 g/mol. The first kappa shape index (κ1) is 14.2. The minimum absolute atomic E-state index is 0.187. The van der Waals surface area contributed by atoms with Crippen molar-refractivity contribution in [2.75, 3.05) is 13.6 Å². The van der Waals surface area contributed by atoms with Crippen LogP contribution in [0.4, 0.5) is 0 Å².